The first-order chi connectivity index (χ1) is 6.77. The minimum atomic E-state index is -0.268. The van der Waals surface area contributed by atoms with Gasteiger partial charge in [-0.2, -0.15) is 0 Å². The first kappa shape index (κ1) is 9.93. The van der Waals surface area contributed by atoms with Gasteiger partial charge in [0, 0.05) is 13.1 Å². The van der Waals surface area contributed by atoms with Crippen molar-refractivity contribution in [1.29, 1.82) is 0 Å². The highest BCUT2D eigenvalue weighted by molar-refractivity contribution is 5.87. The number of rotatable bonds is 3. The zero-order valence-electron chi connectivity index (χ0n) is 8.73. The molecule has 0 aromatic heterocycles. The van der Waals surface area contributed by atoms with Crippen LogP contribution < -0.4 is 16.0 Å². The van der Waals surface area contributed by atoms with E-state index in [1.54, 1.807) is 0 Å². The predicted molar refractivity (Wildman–Crippen MR) is 55.1 cm³/mol. The van der Waals surface area contributed by atoms with Crippen molar-refractivity contribution in [2.45, 2.75) is 37.8 Å². The molecule has 2 fully saturated rings. The zero-order chi connectivity index (χ0) is 10.0. The number of nitrogens with one attached hydrogen (secondary N) is 3. The van der Waals surface area contributed by atoms with Crippen LogP contribution in [0.5, 0.6) is 0 Å². The summed E-state index contributed by atoms with van der Waals surface area (Å²) < 4.78 is 0. The van der Waals surface area contributed by atoms with Gasteiger partial charge in [-0.3, -0.25) is 4.79 Å². The highest BCUT2D eigenvalue weighted by Gasteiger charge is 2.40. The van der Waals surface area contributed by atoms with Crippen LogP contribution in [-0.2, 0) is 4.79 Å². The number of amides is 1. The Kier molecular flexibility index (Phi) is 2.74. The number of hydrogen-bond acceptors (Lipinski definition) is 3. The molecule has 1 unspecified atom stereocenters. The highest BCUT2D eigenvalue weighted by atomic mass is 16.2. The van der Waals surface area contributed by atoms with E-state index in [1.807, 2.05) is 0 Å². The Labute approximate surface area is 84.8 Å². The van der Waals surface area contributed by atoms with E-state index in [9.17, 15) is 4.79 Å². The van der Waals surface area contributed by atoms with Crippen LogP contribution in [-0.4, -0.2) is 37.1 Å². The van der Waals surface area contributed by atoms with E-state index in [0.717, 1.165) is 38.9 Å². The fourth-order valence-corrected chi connectivity index (χ4v) is 2.18. The zero-order valence-corrected chi connectivity index (χ0v) is 8.73. The Morgan fingerprint density at radius 3 is 2.79 bits per heavy atom. The fraction of sp³-hybridized carbons (Fsp3) is 0.900. The molecule has 2 rings (SSSR count). The van der Waals surface area contributed by atoms with E-state index in [2.05, 4.69) is 22.9 Å². The predicted octanol–water partition coefficient (Wildman–Crippen LogP) is -0.393. The Morgan fingerprint density at radius 2 is 2.36 bits per heavy atom. The Balaban J connectivity index is 1.92. The van der Waals surface area contributed by atoms with Crippen molar-refractivity contribution in [1.82, 2.24) is 16.0 Å². The minimum absolute atomic E-state index is 0.198. The molecule has 3 N–H and O–H groups in total. The minimum Gasteiger partial charge on any atom is -0.349 e. The van der Waals surface area contributed by atoms with Crippen molar-refractivity contribution in [2.75, 3.05) is 19.6 Å². The smallest absolute Gasteiger partial charge is 0.240 e. The van der Waals surface area contributed by atoms with E-state index in [4.69, 9.17) is 0 Å². The Hall–Kier alpha value is -0.610. The van der Waals surface area contributed by atoms with Gasteiger partial charge in [0.25, 0.3) is 0 Å². The molecule has 0 aliphatic carbocycles. The Bertz CT molecular complexity index is 219. The number of carbonyl (C=O) groups excluding carboxylic acids is 1. The van der Waals surface area contributed by atoms with E-state index in [0.29, 0.717) is 6.04 Å². The molecule has 1 amide bonds. The van der Waals surface area contributed by atoms with Crippen molar-refractivity contribution in [3.8, 4) is 0 Å². The van der Waals surface area contributed by atoms with Crippen molar-refractivity contribution < 1.29 is 4.79 Å². The average molecular weight is 197 g/mol. The van der Waals surface area contributed by atoms with Crippen LogP contribution in [0.25, 0.3) is 0 Å². The summed E-state index contributed by atoms with van der Waals surface area (Å²) in [6, 6.07) is 0.355. The average Bonchev–Trinajstić information content (AvgIpc) is 2.60. The van der Waals surface area contributed by atoms with Crippen LogP contribution in [0.3, 0.4) is 0 Å². The van der Waals surface area contributed by atoms with Gasteiger partial charge < -0.3 is 16.0 Å². The van der Waals surface area contributed by atoms with Gasteiger partial charge in [-0.1, -0.05) is 6.92 Å². The molecule has 2 aliphatic heterocycles. The molecule has 0 spiro atoms. The lowest BCUT2D eigenvalue weighted by atomic mass is 9.92. The maximum atomic E-state index is 12.0. The van der Waals surface area contributed by atoms with Crippen molar-refractivity contribution in [2.24, 2.45) is 0 Å². The molecule has 2 heterocycles. The first-order valence-corrected chi connectivity index (χ1v) is 5.53. The topological polar surface area (TPSA) is 53.2 Å². The second kappa shape index (κ2) is 3.87. The van der Waals surface area contributed by atoms with Crippen molar-refractivity contribution in [3.05, 3.63) is 0 Å². The largest absolute Gasteiger partial charge is 0.349 e. The summed E-state index contributed by atoms with van der Waals surface area (Å²) in [5, 5.41) is 9.58. The van der Waals surface area contributed by atoms with E-state index in [1.165, 1.54) is 0 Å². The molecule has 4 nitrogen and oxygen atoms in total. The summed E-state index contributed by atoms with van der Waals surface area (Å²) in [7, 11) is 0. The molecule has 2 saturated heterocycles. The molecule has 0 saturated carbocycles. The van der Waals surface area contributed by atoms with Gasteiger partial charge in [0.05, 0.1) is 11.6 Å². The lowest BCUT2D eigenvalue weighted by Gasteiger charge is -2.33. The van der Waals surface area contributed by atoms with Gasteiger partial charge in [0.1, 0.15) is 0 Å². The lowest BCUT2D eigenvalue weighted by Crippen LogP contribution is -2.63. The van der Waals surface area contributed by atoms with Gasteiger partial charge in [0.2, 0.25) is 5.91 Å². The van der Waals surface area contributed by atoms with Gasteiger partial charge in [-0.25, -0.2) is 0 Å². The van der Waals surface area contributed by atoms with Crippen LogP contribution in [0.15, 0.2) is 0 Å². The summed E-state index contributed by atoms with van der Waals surface area (Å²) in [6.45, 7) is 4.90. The molecule has 2 aliphatic rings. The van der Waals surface area contributed by atoms with E-state index < -0.39 is 0 Å². The molecule has 0 radical (unpaired) electrons. The molecular formula is C10H19N3O. The standard InChI is InChI=1S/C10H19N3O/c1-2-10(4-3-5-12-10)9(14)13-8-6-11-7-8/h8,11-12H,2-7H2,1H3,(H,13,14). The summed E-state index contributed by atoms with van der Waals surface area (Å²) in [4.78, 5) is 12.0. The van der Waals surface area contributed by atoms with Crippen molar-refractivity contribution >= 4 is 5.91 Å². The number of carbonyl (C=O) groups is 1. The normalized spacial score (nSPS) is 32.6. The third kappa shape index (κ3) is 1.64. The van der Waals surface area contributed by atoms with Gasteiger partial charge in [-0.15, -0.1) is 0 Å². The molecule has 0 bridgehead atoms. The fourth-order valence-electron chi connectivity index (χ4n) is 2.18. The van der Waals surface area contributed by atoms with Gasteiger partial charge >= 0.3 is 0 Å². The Morgan fingerprint density at radius 1 is 1.57 bits per heavy atom. The van der Waals surface area contributed by atoms with Crippen molar-refractivity contribution in [3.63, 3.8) is 0 Å². The van der Waals surface area contributed by atoms with Gasteiger partial charge in [-0.05, 0) is 25.8 Å². The first-order valence-electron chi connectivity index (χ1n) is 5.53. The molecule has 0 aromatic rings. The third-order valence-corrected chi connectivity index (χ3v) is 3.40. The molecule has 80 valence electrons. The number of hydrogen-bond donors (Lipinski definition) is 3. The summed E-state index contributed by atoms with van der Waals surface area (Å²) in [5.74, 6) is 0.198. The SMILES string of the molecule is CCC1(C(=O)NC2CNC2)CCCN1. The monoisotopic (exact) mass is 197 g/mol. The van der Waals surface area contributed by atoms with E-state index >= 15 is 0 Å². The van der Waals surface area contributed by atoms with Crippen LogP contribution in [0, 0.1) is 0 Å². The third-order valence-electron chi connectivity index (χ3n) is 3.40. The maximum absolute atomic E-state index is 12.0. The molecule has 4 heteroatoms. The second-order valence-corrected chi connectivity index (χ2v) is 4.29. The van der Waals surface area contributed by atoms with Crippen LogP contribution in [0.4, 0.5) is 0 Å². The van der Waals surface area contributed by atoms with Crippen LogP contribution in [0.2, 0.25) is 0 Å². The van der Waals surface area contributed by atoms with E-state index in [-0.39, 0.29) is 11.4 Å². The highest BCUT2D eigenvalue weighted by Crippen LogP contribution is 2.23. The molecule has 0 aromatic carbocycles. The van der Waals surface area contributed by atoms with Crippen LogP contribution >= 0.6 is 0 Å². The quantitative estimate of drug-likeness (QED) is 0.577. The second-order valence-electron chi connectivity index (χ2n) is 4.29. The lowest BCUT2D eigenvalue weighted by molar-refractivity contribution is -0.128. The maximum Gasteiger partial charge on any atom is 0.240 e. The summed E-state index contributed by atoms with van der Waals surface area (Å²) >= 11 is 0. The molecular weight excluding hydrogens is 178 g/mol. The summed E-state index contributed by atoms with van der Waals surface area (Å²) in [5.41, 5.74) is -0.268. The van der Waals surface area contributed by atoms with Crippen LogP contribution in [0.1, 0.15) is 26.2 Å². The molecule has 14 heavy (non-hydrogen) atoms. The molecule has 1 atom stereocenters. The van der Waals surface area contributed by atoms with Gasteiger partial charge in [0.15, 0.2) is 0 Å². The summed E-state index contributed by atoms with van der Waals surface area (Å²) in [6.07, 6.45) is 2.98.